The van der Waals surface area contributed by atoms with Gasteiger partial charge >= 0.3 is 0 Å². The Bertz CT molecular complexity index is 1760. The van der Waals surface area contributed by atoms with Gasteiger partial charge in [0, 0.05) is 83.2 Å². The molecule has 44 heavy (non-hydrogen) atoms. The van der Waals surface area contributed by atoms with E-state index in [9.17, 15) is 18.0 Å². The first-order chi connectivity index (χ1) is 20.9. The van der Waals surface area contributed by atoms with Gasteiger partial charge in [-0.05, 0) is 52.7 Å². The lowest BCUT2D eigenvalue weighted by atomic mass is 9.86. The number of benzene rings is 2. The summed E-state index contributed by atoms with van der Waals surface area (Å²) in [5.74, 6) is -0.200. The van der Waals surface area contributed by atoms with E-state index in [1.807, 2.05) is 17.0 Å². The molecule has 0 saturated carbocycles. The summed E-state index contributed by atoms with van der Waals surface area (Å²) in [6.07, 6.45) is 6.45. The minimum Gasteiger partial charge on any atom is -0.349 e. The summed E-state index contributed by atoms with van der Waals surface area (Å²) in [7, 11) is 2.51. The summed E-state index contributed by atoms with van der Waals surface area (Å²) in [6.45, 7) is 0.144. The number of fused-ring (bicyclic) bond motifs is 1. The van der Waals surface area contributed by atoms with Gasteiger partial charge in [-0.3, -0.25) is 14.6 Å². The fourth-order valence-electron chi connectivity index (χ4n) is 5.36. The highest BCUT2D eigenvalue weighted by molar-refractivity contribution is 7.89. The van der Waals surface area contributed by atoms with E-state index in [2.05, 4.69) is 15.0 Å². The van der Waals surface area contributed by atoms with E-state index in [0.29, 0.717) is 11.0 Å². The molecule has 2 amide bonds. The molecule has 1 aliphatic heterocycles. The molecule has 1 saturated heterocycles. The topological polar surface area (TPSA) is 120 Å². The molecule has 0 radical (unpaired) electrons. The second-order valence-corrected chi connectivity index (χ2v) is 13.7. The maximum absolute atomic E-state index is 14.1. The van der Waals surface area contributed by atoms with Gasteiger partial charge in [0.25, 0.3) is 0 Å². The highest BCUT2D eigenvalue weighted by Gasteiger charge is 2.49. The molecule has 1 fully saturated rings. The summed E-state index contributed by atoms with van der Waals surface area (Å²) in [4.78, 5) is 44.8. The molecule has 0 aliphatic carbocycles. The molecule has 0 unspecified atom stereocenters. The number of carbonyl (C=O) groups excluding carboxylic acids is 2. The first kappa shape index (κ1) is 31.3. The first-order valence-electron chi connectivity index (χ1n) is 14.0. The molecule has 3 heterocycles. The molecule has 230 valence electrons. The van der Waals surface area contributed by atoms with Crippen LogP contribution in [-0.4, -0.2) is 103 Å². The fraction of sp³-hybridized carbons (Fsp3) is 0.323. The van der Waals surface area contributed by atoms with Crippen LogP contribution in [0.5, 0.6) is 0 Å². The fourth-order valence-corrected chi connectivity index (χ4v) is 7.09. The molecule has 1 aliphatic rings. The van der Waals surface area contributed by atoms with E-state index in [1.54, 1.807) is 89.4 Å². The number of aromatic nitrogens is 3. The number of amides is 2. The number of hydrogen-bond acceptors (Lipinski definition) is 8. The predicted octanol–water partition coefficient (Wildman–Crippen LogP) is 3.55. The minimum atomic E-state index is -4.02. The van der Waals surface area contributed by atoms with Crippen LogP contribution in [-0.2, 0) is 19.6 Å². The zero-order valence-electron chi connectivity index (χ0n) is 25.0. The highest BCUT2D eigenvalue weighted by Crippen LogP contribution is 2.36. The number of halogens is 1. The maximum atomic E-state index is 14.1. The van der Waals surface area contributed by atoms with Gasteiger partial charge in [-0.15, -0.1) is 0 Å². The summed E-state index contributed by atoms with van der Waals surface area (Å²) < 4.78 is 29.6. The van der Waals surface area contributed by atoms with Crippen LogP contribution in [0.15, 0.2) is 78.2 Å². The number of piperazine rings is 1. The smallest absolute Gasteiger partial charge is 0.243 e. The Hall–Kier alpha value is -4.13. The molecule has 2 aromatic heterocycles. The van der Waals surface area contributed by atoms with Crippen LogP contribution in [0.3, 0.4) is 0 Å². The third-order valence-electron chi connectivity index (χ3n) is 7.88. The van der Waals surface area contributed by atoms with Crippen molar-refractivity contribution in [1.29, 1.82) is 0 Å². The van der Waals surface area contributed by atoms with Crippen LogP contribution in [0.1, 0.15) is 12.8 Å². The first-order valence-corrected chi connectivity index (χ1v) is 15.8. The standard InChI is InChI=1S/C31H34ClN7O4S/c1-36(2)28(40)17-31(18-29(41)37(3)4)21-38(44(42,43)27-8-6-23-15-26(32)7-5-24(23)16-27)13-14-39(31)30-34-19-25(20-35-30)22-9-11-33-12-10-22/h5-12,15-16,19-20H,13-14,17-18,21H2,1-4H3. The molecule has 2 aromatic carbocycles. The summed E-state index contributed by atoms with van der Waals surface area (Å²) in [6, 6.07) is 13.8. The number of hydrogen-bond donors (Lipinski definition) is 0. The summed E-state index contributed by atoms with van der Waals surface area (Å²) >= 11 is 6.13. The highest BCUT2D eigenvalue weighted by atomic mass is 35.5. The number of anilines is 1. The van der Waals surface area contributed by atoms with E-state index in [4.69, 9.17) is 11.6 Å². The van der Waals surface area contributed by atoms with Crippen molar-refractivity contribution >= 4 is 50.2 Å². The van der Waals surface area contributed by atoms with Gasteiger partial charge in [-0.1, -0.05) is 23.7 Å². The largest absolute Gasteiger partial charge is 0.349 e. The zero-order valence-corrected chi connectivity index (χ0v) is 26.6. The van der Waals surface area contributed by atoms with Gasteiger partial charge in [0.05, 0.1) is 23.3 Å². The molecular formula is C31H34ClN7O4S. The van der Waals surface area contributed by atoms with E-state index >= 15 is 0 Å². The average Bonchev–Trinajstić information content (AvgIpc) is 3.01. The van der Waals surface area contributed by atoms with Gasteiger partial charge in [-0.2, -0.15) is 4.31 Å². The molecular weight excluding hydrogens is 602 g/mol. The lowest BCUT2D eigenvalue weighted by Crippen LogP contribution is -2.66. The lowest BCUT2D eigenvalue weighted by molar-refractivity contribution is -0.133. The van der Waals surface area contributed by atoms with Crippen molar-refractivity contribution < 1.29 is 18.0 Å². The molecule has 4 aromatic rings. The van der Waals surface area contributed by atoms with Crippen LogP contribution in [0.4, 0.5) is 5.95 Å². The number of sulfonamides is 1. The lowest BCUT2D eigenvalue weighted by Gasteiger charge is -2.50. The van der Waals surface area contributed by atoms with Crippen molar-refractivity contribution in [2.24, 2.45) is 0 Å². The molecule has 11 nitrogen and oxygen atoms in total. The zero-order chi connectivity index (χ0) is 31.6. The molecule has 5 rings (SSSR count). The van der Waals surface area contributed by atoms with Gasteiger partial charge in [0.1, 0.15) is 0 Å². The number of rotatable bonds is 8. The van der Waals surface area contributed by atoms with Gasteiger partial charge < -0.3 is 14.7 Å². The van der Waals surface area contributed by atoms with Crippen LogP contribution < -0.4 is 4.90 Å². The number of nitrogens with zero attached hydrogens (tertiary/aromatic N) is 7. The number of carbonyl (C=O) groups is 2. The van der Waals surface area contributed by atoms with Crippen molar-refractivity contribution in [2.75, 3.05) is 52.7 Å². The predicted molar refractivity (Wildman–Crippen MR) is 170 cm³/mol. The van der Waals surface area contributed by atoms with Crippen LogP contribution in [0.2, 0.25) is 5.02 Å². The second-order valence-electron chi connectivity index (χ2n) is 11.3. The van der Waals surface area contributed by atoms with Crippen molar-refractivity contribution in [1.82, 2.24) is 29.1 Å². The SMILES string of the molecule is CN(C)C(=O)CC1(CC(=O)N(C)C)CN(S(=O)(=O)c2ccc3cc(Cl)ccc3c2)CCN1c1ncc(-c2ccncc2)cn1. The molecule has 13 heteroatoms. The molecule has 0 atom stereocenters. The van der Waals surface area contributed by atoms with Gasteiger partial charge in [0.2, 0.25) is 27.8 Å². The van der Waals surface area contributed by atoms with E-state index in [0.717, 1.165) is 21.9 Å². The van der Waals surface area contributed by atoms with Crippen molar-refractivity contribution in [3.63, 3.8) is 0 Å². The van der Waals surface area contributed by atoms with Crippen LogP contribution in [0, 0.1) is 0 Å². The Balaban J connectivity index is 1.57. The van der Waals surface area contributed by atoms with E-state index in [1.165, 1.54) is 14.1 Å². The maximum Gasteiger partial charge on any atom is 0.243 e. The second kappa shape index (κ2) is 12.5. The van der Waals surface area contributed by atoms with Crippen LogP contribution >= 0.6 is 11.6 Å². The van der Waals surface area contributed by atoms with E-state index in [-0.39, 0.29) is 49.2 Å². The monoisotopic (exact) mass is 635 g/mol. The third kappa shape index (κ3) is 6.37. The Morgan fingerprint density at radius 3 is 2.05 bits per heavy atom. The van der Waals surface area contributed by atoms with Crippen molar-refractivity contribution in [3.8, 4) is 11.1 Å². The Labute approximate surface area is 262 Å². The molecule has 0 N–H and O–H groups in total. The molecule has 0 bridgehead atoms. The molecule has 0 spiro atoms. The van der Waals surface area contributed by atoms with Crippen LogP contribution in [0.25, 0.3) is 21.9 Å². The minimum absolute atomic E-state index is 0.102. The Morgan fingerprint density at radius 2 is 1.43 bits per heavy atom. The Kier molecular flexibility index (Phi) is 8.87. The van der Waals surface area contributed by atoms with Crippen molar-refractivity contribution in [2.45, 2.75) is 23.3 Å². The third-order valence-corrected chi connectivity index (χ3v) is 9.96. The summed E-state index contributed by atoms with van der Waals surface area (Å²) in [5.41, 5.74) is 0.391. The van der Waals surface area contributed by atoms with Gasteiger partial charge in [-0.25, -0.2) is 18.4 Å². The summed E-state index contributed by atoms with van der Waals surface area (Å²) in [5, 5.41) is 2.10. The average molecular weight is 636 g/mol. The van der Waals surface area contributed by atoms with Crippen molar-refractivity contribution in [3.05, 3.63) is 78.3 Å². The number of pyridine rings is 1. The Morgan fingerprint density at radius 1 is 0.841 bits per heavy atom. The van der Waals surface area contributed by atoms with E-state index < -0.39 is 15.6 Å². The quantitative estimate of drug-likeness (QED) is 0.288. The van der Waals surface area contributed by atoms with Gasteiger partial charge in [0.15, 0.2) is 0 Å². The normalized spacial score (nSPS) is 15.2.